The fourth-order valence-corrected chi connectivity index (χ4v) is 3.64. The number of nitrogens with zero attached hydrogens (tertiary/aromatic N) is 2. The van der Waals surface area contributed by atoms with Gasteiger partial charge >= 0.3 is 11.9 Å². The van der Waals surface area contributed by atoms with Gasteiger partial charge in [-0.15, -0.1) is 0 Å². The zero-order chi connectivity index (χ0) is 18.4. The highest BCUT2D eigenvalue weighted by Gasteiger charge is 2.31. The van der Waals surface area contributed by atoms with Gasteiger partial charge in [0.2, 0.25) is 0 Å². The van der Waals surface area contributed by atoms with E-state index in [-0.39, 0.29) is 16.3 Å². The first-order valence-corrected chi connectivity index (χ1v) is 8.14. The van der Waals surface area contributed by atoms with E-state index in [0.29, 0.717) is 16.4 Å². The molecule has 3 aromatic heterocycles. The SMILES string of the molecule is COC(=O)c1c(C(=O)OC)c2c3cccnc3c3ccccc3n2c1Cl. The summed E-state index contributed by atoms with van der Waals surface area (Å²) in [5.74, 6) is -1.38. The van der Waals surface area contributed by atoms with Crippen molar-refractivity contribution in [1.29, 1.82) is 0 Å². The van der Waals surface area contributed by atoms with E-state index in [2.05, 4.69) is 4.98 Å². The van der Waals surface area contributed by atoms with Gasteiger partial charge < -0.3 is 9.47 Å². The van der Waals surface area contributed by atoms with Crippen molar-refractivity contribution in [2.75, 3.05) is 14.2 Å². The smallest absolute Gasteiger partial charge is 0.341 e. The lowest BCUT2D eigenvalue weighted by Crippen LogP contribution is -2.10. The number of fused-ring (bicyclic) bond motifs is 6. The first-order valence-electron chi connectivity index (χ1n) is 7.76. The van der Waals surface area contributed by atoms with E-state index in [1.54, 1.807) is 16.7 Å². The van der Waals surface area contributed by atoms with Crippen molar-refractivity contribution in [3.8, 4) is 0 Å². The molecule has 0 atom stereocenters. The molecular weight excluding hydrogens is 356 g/mol. The molecule has 6 nitrogen and oxygen atoms in total. The molecule has 0 aliphatic carbocycles. The summed E-state index contributed by atoms with van der Waals surface area (Å²) in [6, 6.07) is 11.1. The van der Waals surface area contributed by atoms with Crippen molar-refractivity contribution >= 4 is 50.9 Å². The van der Waals surface area contributed by atoms with Crippen molar-refractivity contribution in [3.05, 3.63) is 58.9 Å². The summed E-state index contributed by atoms with van der Waals surface area (Å²) in [4.78, 5) is 29.4. The van der Waals surface area contributed by atoms with Crippen LogP contribution in [0.3, 0.4) is 0 Å². The second-order valence-corrected chi connectivity index (χ2v) is 5.98. The van der Waals surface area contributed by atoms with Gasteiger partial charge in [-0.2, -0.15) is 0 Å². The summed E-state index contributed by atoms with van der Waals surface area (Å²) < 4.78 is 11.4. The van der Waals surface area contributed by atoms with Crippen molar-refractivity contribution in [1.82, 2.24) is 9.38 Å². The van der Waals surface area contributed by atoms with Crippen LogP contribution in [-0.4, -0.2) is 35.5 Å². The number of benzene rings is 1. The summed E-state index contributed by atoms with van der Waals surface area (Å²) in [6.45, 7) is 0. The molecule has 7 heteroatoms. The molecule has 0 radical (unpaired) electrons. The summed E-state index contributed by atoms with van der Waals surface area (Å²) in [5, 5.41) is 1.62. The van der Waals surface area contributed by atoms with E-state index in [9.17, 15) is 9.59 Å². The fraction of sp³-hybridized carbons (Fsp3) is 0.105. The van der Waals surface area contributed by atoms with Gasteiger partial charge in [0.15, 0.2) is 0 Å². The van der Waals surface area contributed by atoms with Crippen LogP contribution in [0.4, 0.5) is 0 Å². The minimum Gasteiger partial charge on any atom is -0.465 e. The molecule has 0 saturated carbocycles. The van der Waals surface area contributed by atoms with Gasteiger partial charge in [-0.3, -0.25) is 9.38 Å². The second kappa shape index (κ2) is 6.00. The van der Waals surface area contributed by atoms with Crippen molar-refractivity contribution in [3.63, 3.8) is 0 Å². The lowest BCUT2D eigenvalue weighted by atomic mass is 10.1. The Morgan fingerprint density at radius 3 is 2.35 bits per heavy atom. The van der Waals surface area contributed by atoms with Crippen molar-refractivity contribution < 1.29 is 19.1 Å². The molecule has 4 aromatic rings. The number of ether oxygens (including phenoxy) is 2. The molecule has 0 bridgehead atoms. The molecule has 0 N–H and O–H groups in total. The minimum atomic E-state index is -0.708. The maximum atomic E-state index is 12.5. The molecule has 4 rings (SSSR count). The van der Waals surface area contributed by atoms with E-state index in [1.807, 2.05) is 30.3 Å². The summed E-state index contributed by atoms with van der Waals surface area (Å²) in [7, 11) is 2.49. The summed E-state index contributed by atoms with van der Waals surface area (Å²) in [6.07, 6.45) is 1.68. The topological polar surface area (TPSA) is 69.9 Å². The van der Waals surface area contributed by atoms with Gasteiger partial charge in [-0.1, -0.05) is 29.8 Å². The van der Waals surface area contributed by atoms with Gasteiger partial charge in [0.25, 0.3) is 0 Å². The Kier molecular flexibility index (Phi) is 3.77. The van der Waals surface area contributed by atoms with Crippen molar-refractivity contribution in [2.45, 2.75) is 0 Å². The van der Waals surface area contributed by atoms with E-state index in [4.69, 9.17) is 21.1 Å². The second-order valence-electron chi connectivity index (χ2n) is 5.62. The molecule has 0 aliphatic heterocycles. The van der Waals surface area contributed by atoms with Crippen LogP contribution >= 0.6 is 11.6 Å². The predicted molar refractivity (Wildman–Crippen MR) is 97.9 cm³/mol. The lowest BCUT2D eigenvalue weighted by molar-refractivity contribution is 0.0558. The van der Waals surface area contributed by atoms with Gasteiger partial charge in [0.1, 0.15) is 16.3 Å². The van der Waals surface area contributed by atoms with Gasteiger partial charge in [0.05, 0.1) is 30.8 Å². The number of hydrogen-bond donors (Lipinski definition) is 0. The van der Waals surface area contributed by atoms with E-state index >= 15 is 0 Å². The first-order chi connectivity index (χ1) is 12.6. The highest BCUT2D eigenvalue weighted by molar-refractivity contribution is 6.36. The van der Waals surface area contributed by atoms with E-state index in [1.165, 1.54) is 14.2 Å². The van der Waals surface area contributed by atoms with Crippen LogP contribution in [0.5, 0.6) is 0 Å². The number of esters is 2. The Balaban J connectivity index is 2.38. The van der Waals surface area contributed by atoms with Gasteiger partial charge in [-0.25, -0.2) is 9.59 Å². The third-order valence-electron chi connectivity index (χ3n) is 4.35. The zero-order valence-corrected chi connectivity index (χ0v) is 14.7. The lowest BCUT2D eigenvalue weighted by Gasteiger charge is -2.09. The fourth-order valence-electron chi connectivity index (χ4n) is 3.29. The van der Waals surface area contributed by atoms with Crippen LogP contribution in [-0.2, 0) is 9.47 Å². The monoisotopic (exact) mass is 368 g/mol. The molecule has 0 amide bonds. The van der Waals surface area contributed by atoms with Crippen molar-refractivity contribution in [2.24, 2.45) is 0 Å². The number of halogens is 1. The normalized spacial score (nSPS) is 11.2. The van der Waals surface area contributed by atoms with Crippen LogP contribution < -0.4 is 0 Å². The molecule has 0 saturated heterocycles. The highest BCUT2D eigenvalue weighted by atomic mass is 35.5. The standard InChI is InChI=1S/C19H13ClN2O4/c1-25-18(23)13-14(19(24)26-2)17(20)22-12-8-4-3-6-10(12)15-11(16(13)22)7-5-9-21-15/h3-9H,1-2H3. The number of carbonyl (C=O) groups is 2. The third-order valence-corrected chi connectivity index (χ3v) is 4.71. The third kappa shape index (κ3) is 2.09. The number of aromatic nitrogens is 2. The average Bonchev–Trinajstić information content (AvgIpc) is 3.00. The number of para-hydroxylation sites is 1. The summed E-state index contributed by atoms with van der Waals surface area (Å²) in [5.41, 5.74) is 1.92. The molecule has 0 fully saturated rings. The average molecular weight is 369 g/mol. The molecular formula is C19H13ClN2O4. The Labute approximate surface area is 152 Å². The van der Waals surface area contributed by atoms with Gasteiger partial charge in [0, 0.05) is 17.0 Å². The Morgan fingerprint density at radius 1 is 0.962 bits per heavy atom. The van der Waals surface area contributed by atoms with Crippen LogP contribution in [0.15, 0.2) is 42.6 Å². The van der Waals surface area contributed by atoms with E-state index < -0.39 is 11.9 Å². The quantitative estimate of drug-likeness (QED) is 0.397. The number of rotatable bonds is 2. The van der Waals surface area contributed by atoms with E-state index in [0.717, 1.165) is 10.9 Å². The number of methoxy groups -OCH3 is 2. The van der Waals surface area contributed by atoms with Gasteiger partial charge in [-0.05, 0) is 18.2 Å². The summed E-state index contributed by atoms with van der Waals surface area (Å²) >= 11 is 6.55. The molecule has 0 unspecified atom stereocenters. The Bertz CT molecular complexity index is 1210. The molecule has 1 aromatic carbocycles. The molecule has 0 aliphatic rings. The largest absolute Gasteiger partial charge is 0.465 e. The predicted octanol–water partition coefficient (Wildman–Crippen LogP) is 3.87. The molecule has 0 spiro atoms. The maximum Gasteiger partial charge on any atom is 0.341 e. The number of pyridine rings is 2. The molecule has 26 heavy (non-hydrogen) atoms. The Hall–Kier alpha value is -3.12. The van der Waals surface area contributed by atoms with Crippen LogP contribution in [0, 0.1) is 0 Å². The minimum absolute atomic E-state index is 0.0254. The maximum absolute atomic E-state index is 12.5. The van der Waals surface area contributed by atoms with Crippen LogP contribution in [0.2, 0.25) is 5.15 Å². The number of hydrogen-bond acceptors (Lipinski definition) is 5. The molecule has 3 heterocycles. The first kappa shape index (κ1) is 16.4. The Morgan fingerprint density at radius 2 is 1.62 bits per heavy atom. The van der Waals surface area contributed by atoms with Crippen LogP contribution in [0.1, 0.15) is 20.7 Å². The number of carbonyl (C=O) groups excluding carboxylic acids is 2. The molecule has 130 valence electrons. The zero-order valence-electron chi connectivity index (χ0n) is 13.9. The van der Waals surface area contributed by atoms with Crippen LogP contribution in [0.25, 0.3) is 27.3 Å². The highest BCUT2D eigenvalue weighted by Crippen LogP contribution is 2.37.